The van der Waals surface area contributed by atoms with Gasteiger partial charge in [-0.1, -0.05) is 18.2 Å². The molecule has 1 rings (SSSR count). The lowest BCUT2D eigenvalue weighted by Crippen LogP contribution is -2.26. The molecule has 0 unspecified atom stereocenters. The van der Waals surface area contributed by atoms with Crippen LogP contribution in [0.4, 0.5) is 5.69 Å². The summed E-state index contributed by atoms with van der Waals surface area (Å²) < 4.78 is 0. The van der Waals surface area contributed by atoms with Crippen molar-refractivity contribution in [3.63, 3.8) is 0 Å². The summed E-state index contributed by atoms with van der Waals surface area (Å²) in [5.41, 5.74) is 0.681. The first-order valence-electron chi connectivity index (χ1n) is 3.51. The fourth-order valence-corrected chi connectivity index (χ4v) is 0.915. The summed E-state index contributed by atoms with van der Waals surface area (Å²) in [7, 11) is 1.43. The second-order valence-electron chi connectivity index (χ2n) is 2.21. The van der Waals surface area contributed by atoms with Crippen LogP contribution in [-0.4, -0.2) is 13.0 Å². The molecule has 0 fully saturated rings. The smallest absolute Gasteiger partial charge is 0.251 e. The topological polar surface area (TPSA) is 29.5 Å². The SMILES string of the molecule is [CH2]C(=O)N(OC)c1ccccc1. The maximum Gasteiger partial charge on any atom is 0.251 e. The van der Waals surface area contributed by atoms with Gasteiger partial charge >= 0.3 is 0 Å². The minimum atomic E-state index is -0.385. The molecule has 0 saturated heterocycles. The number of carbonyl (C=O) groups is 1. The number of rotatable bonds is 2. The maximum absolute atomic E-state index is 10.9. The molecule has 0 heterocycles. The predicted octanol–water partition coefficient (Wildman–Crippen LogP) is 1.42. The number of hydroxylamine groups is 1. The van der Waals surface area contributed by atoms with E-state index in [0.717, 1.165) is 5.06 Å². The first kappa shape index (κ1) is 8.74. The van der Waals surface area contributed by atoms with Crippen LogP contribution >= 0.6 is 0 Å². The molecule has 12 heavy (non-hydrogen) atoms. The van der Waals surface area contributed by atoms with Crippen LogP contribution in [0.25, 0.3) is 0 Å². The number of hydrogen-bond acceptors (Lipinski definition) is 2. The molecule has 0 aliphatic rings. The average Bonchev–Trinajstić information content (AvgIpc) is 2.07. The molecule has 0 atom stereocenters. The van der Waals surface area contributed by atoms with Crippen LogP contribution in [0.5, 0.6) is 0 Å². The zero-order valence-electron chi connectivity index (χ0n) is 6.86. The number of amides is 1. The largest absolute Gasteiger partial charge is 0.272 e. The molecule has 0 aromatic heterocycles. The lowest BCUT2D eigenvalue weighted by Gasteiger charge is -2.16. The zero-order chi connectivity index (χ0) is 8.97. The number of hydrogen-bond donors (Lipinski definition) is 0. The number of anilines is 1. The summed E-state index contributed by atoms with van der Waals surface area (Å²) in [4.78, 5) is 15.7. The van der Waals surface area contributed by atoms with Crippen molar-refractivity contribution in [2.75, 3.05) is 12.2 Å². The van der Waals surface area contributed by atoms with E-state index < -0.39 is 0 Å². The quantitative estimate of drug-likeness (QED) is 0.618. The van der Waals surface area contributed by atoms with E-state index >= 15 is 0 Å². The molecule has 0 N–H and O–H groups in total. The number of para-hydroxylation sites is 1. The minimum absolute atomic E-state index is 0.385. The summed E-state index contributed by atoms with van der Waals surface area (Å²) in [6, 6.07) is 9.05. The molecule has 1 amide bonds. The average molecular weight is 164 g/mol. The van der Waals surface area contributed by atoms with E-state index in [1.54, 1.807) is 12.1 Å². The van der Waals surface area contributed by atoms with E-state index in [1.165, 1.54) is 7.11 Å². The van der Waals surface area contributed by atoms with E-state index in [0.29, 0.717) is 5.69 Å². The summed E-state index contributed by atoms with van der Waals surface area (Å²) in [6.45, 7) is 3.25. The molecule has 3 heteroatoms. The zero-order valence-corrected chi connectivity index (χ0v) is 6.86. The van der Waals surface area contributed by atoms with Gasteiger partial charge in [0.2, 0.25) is 0 Å². The van der Waals surface area contributed by atoms with Crippen molar-refractivity contribution in [1.29, 1.82) is 0 Å². The number of nitrogens with zero attached hydrogens (tertiary/aromatic N) is 1. The van der Waals surface area contributed by atoms with Gasteiger partial charge in [-0.25, -0.2) is 0 Å². The lowest BCUT2D eigenvalue weighted by molar-refractivity contribution is -0.120. The Morgan fingerprint density at radius 2 is 2.00 bits per heavy atom. The highest BCUT2D eigenvalue weighted by Crippen LogP contribution is 2.12. The molecule has 3 nitrogen and oxygen atoms in total. The molecule has 0 spiro atoms. The van der Waals surface area contributed by atoms with Crippen LogP contribution in [-0.2, 0) is 9.63 Å². The molecule has 1 radical (unpaired) electrons. The van der Waals surface area contributed by atoms with Gasteiger partial charge in [0.1, 0.15) is 0 Å². The second-order valence-corrected chi connectivity index (χ2v) is 2.21. The highest BCUT2D eigenvalue weighted by molar-refractivity contribution is 5.94. The van der Waals surface area contributed by atoms with E-state index in [4.69, 9.17) is 4.84 Å². The first-order valence-corrected chi connectivity index (χ1v) is 3.51. The molecule has 1 aromatic carbocycles. The Kier molecular flexibility index (Phi) is 2.82. The van der Waals surface area contributed by atoms with Crippen LogP contribution in [0.15, 0.2) is 30.3 Å². The molecule has 0 bridgehead atoms. The Hall–Kier alpha value is -1.35. The third kappa shape index (κ3) is 1.83. The van der Waals surface area contributed by atoms with Crippen molar-refractivity contribution in [1.82, 2.24) is 0 Å². The second kappa shape index (κ2) is 3.88. The van der Waals surface area contributed by atoms with Crippen LogP contribution in [0.1, 0.15) is 0 Å². The van der Waals surface area contributed by atoms with Crippen molar-refractivity contribution in [3.05, 3.63) is 37.3 Å². The van der Waals surface area contributed by atoms with Gasteiger partial charge in [0, 0.05) is 6.92 Å². The van der Waals surface area contributed by atoms with Crippen LogP contribution in [0.3, 0.4) is 0 Å². The molecule has 63 valence electrons. The van der Waals surface area contributed by atoms with Crippen molar-refractivity contribution in [2.24, 2.45) is 0 Å². The van der Waals surface area contributed by atoms with Gasteiger partial charge in [0.25, 0.3) is 5.91 Å². The van der Waals surface area contributed by atoms with E-state index in [1.807, 2.05) is 18.2 Å². The maximum atomic E-state index is 10.9. The fourth-order valence-electron chi connectivity index (χ4n) is 0.915. The summed E-state index contributed by atoms with van der Waals surface area (Å²) in [5.74, 6) is -0.385. The summed E-state index contributed by atoms with van der Waals surface area (Å²) in [6.07, 6.45) is 0. The Morgan fingerprint density at radius 3 is 2.42 bits per heavy atom. The molecule has 0 aliphatic carbocycles. The molecular weight excluding hydrogens is 154 g/mol. The summed E-state index contributed by atoms with van der Waals surface area (Å²) in [5, 5.41) is 1.12. The normalized spacial score (nSPS) is 9.50. The standard InChI is InChI=1S/C9H10NO2/c1-8(11)10(12-2)9-6-4-3-5-7-9/h3-7H,1H2,2H3. The van der Waals surface area contributed by atoms with Crippen molar-refractivity contribution in [2.45, 2.75) is 0 Å². The highest BCUT2D eigenvalue weighted by atomic mass is 16.7. The fraction of sp³-hybridized carbons (Fsp3) is 0.111. The predicted molar refractivity (Wildman–Crippen MR) is 46.3 cm³/mol. The van der Waals surface area contributed by atoms with Gasteiger partial charge in [-0.2, -0.15) is 5.06 Å². The van der Waals surface area contributed by atoms with E-state index in [9.17, 15) is 4.79 Å². The van der Waals surface area contributed by atoms with Crippen LogP contribution < -0.4 is 5.06 Å². The molecule has 0 aliphatic heterocycles. The Bertz CT molecular complexity index is 258. The Labute approximate surface area is 71.5 Å². The van der Waals surface area contributed by atoms with Gasteiger partial charge < -0.3 is 0 Å². The highest BCUT2D eigenvalue weighted by Gasteiger charge is 2.08. The van der Waals surface area contributed by atoms with Crippen LogP contribution in [0, 0.1) is 6.92 Å². The van der Waals surface area contributed by atoms with Gasteiger partial charge in [-0.15, -0.1) is 0 Å². The third-order valence-corrected chi connectivity index (χ3v) is 1.40. The van der Waals surface area contributed by atoms with Gasteiger partial charge in [0.15, 0.2) is 0 Å². The molecule has 0 saturated carbocycles. The monoisotopic (exact) mass is 164 g/mol. The molecular formula is C9H10NO2. The van der Waals surface area contributed by atoms with Crippen molar-refractivity contribution < 1.29 is 9.63 Å². The van der Waals surface area contributed by atoms with Gasteiger partial charge in [-0.3, -0.25) is 9.63 Å². The summed E-state index contributed by atoms with van der Waals surface area (Å²) >= 11 is 0. The van der Waals surface area contributed by atoms with Crippen molar-refractivity contribution in [3.8, 4) is 0 Å². The van der Waals surface area contributed by atoms with Crippen molar-refractivity contribution >= 4 is 11.6 Å². The van der Waals surface area contributed by atoms with Gasteiger partial charge in [-0.05, 0) is 12.1 Å². The number of benzene rings is 1. The van der Waals surface area contributed by atoms with Crippen LogP contribution in [0.2, 0.25) is 0 Å². The van der Waals surface area contributed by atoms with Gasteiger partial charge in [0.05, 0.1) is 12.8 Å². The van der Waals surface area contributed by atoms with E-state index in [-0.39, 0.29) is 5.91 Å². The Balaban J connectivity index is 2.88. The lowest BCUT2D eigenvalue weighted by atomic mass is 10.3. The Morgan fingerprint density at radius 1 is 1.42 bits per heavy atom. The first-order chi connectivity index (χ1) is 5.75. The molecule has 1 aromatic rings. The van der Waals surface area contributed by atoms with E-state index in [2.05, 4.69) is 6.92 Å². The third-order valence-electron chi connectivity index (χ3n) is 1.40. The minimum Gasteiger partial charge on any atom is -0.272 e. The number of carbonyl (C=O) groups excluding carboxylic acids is 1.